The number of sulfonamides is 1. The summed E-state index contributed by atoms with van der Waals surface area (Å²) in [7, 11) is -3.42. The predicted molar refractivity (Wildman–Crippen MR) is 70.8 cm³/mol. The van der Waals surface area contributed by atoms with Gasteiger partial charge < -0.3 is 5.73 Å². The Morgan fingerprint density at radius 1 is 1.53 bits per heavy atom. The van der Waals surface area contributed by atoms with Gasteiger partial charge in [0.25, 0.3) is 0 Å². The van der Waals surface area contributed by atoms with Gasteiger partial charge in [-0.2, -0.15) is 11.8 Å². The van der Waals surface area contributed by atoms with E-state index in [1.54, 1.807) is 11.8 Å². The molecule has 2 atom stereocenters. The van der Waals surface area contributed by atoms with Gasteiger partial charge in [-0.1, -0.05) is 19.1 Å². The number of hydrogen-bond donors (Lipinski definition) is 2. The van der Waals surface area contributed by atoms with E-state index in [1.165, 1.54) is 6.92 Å². The Kier molecular flexibility index (Phi) is 6.74. The Morgan fingerprint density at radius 3 is 2.47 bits per heavy atom. The second kappa shape index (κ2) is 6.67. The molecule has 15 heavy (non-hydrogen) atoms. The van der Waals surface area contributed by atoms with Gasteiger partial charge in [-0.3, -0.25) is 0 Å². The molecule has 0 aliphatic rings. The molecule has 0 rings (SSSR count). The number of nitrogens with one attached hydrogen (secondary N) is 1. The van der Waals surface area contributed by atoms with Crippen molar-refractivity contribution >= 4 is 39.0 Å². The number of thioether (sulfide) groups is 1. The van der Waals surface area contributed by atoms with Crippen molar-refractivity contribution in [2.75, 3.05) is 11.5 Å². The van der Waals surface area contributed by atoms with E-state index in [-0.39, 0.29) is 11.0 Å². The van der Waals surface area contributed by atoms with Gasteiger partial charge >= 0.3 is 0 Å². The SMILES string of the molecule is CCSCC(C)NS(=O)(=O)C(C)C(N)=S. The first-order valence-corrected chi connectivity index (χ1v) is 7.80. The Morgan fingerprint density at radius 2 is 2.07 bits per heavy atom. The zero-order valence-corrected chi connectivity index (χ0v) is 11.6. The zero-order valence-electron chi connectivity index (χ0n) is 9.19. The summed E-state index contributed by atoms with van der Waals surface area (Å²) < 4.78 is 25.9. The van der Waals surface area contributed by atoms with Crippen molar-refractivity contribution in [3.8, 4) is 0 Å². The molecule has 0 aliphatic carbocycles. The van der Waals surface area contributed by atoms with Crippen molar-refractivity contribution in [2.45, 2.75) is 32.1 Å². The Labute approximate surface area is 101 Å². The molecule has 0 saturated heterocycles. The summed E-state index contributed by atoms with van der Waals surface area (Å²) in [5.41, 5.74) is 5.31. The van der Waals surface area contributed by atoms with Crippen LogP contribution in [0.1, 0.15) is 20.8 Å². The van der Waals surface area contributed by atoms with Crippen LogP contribution >= 0.6 is 24.0 Å². The molecular weight excluding hydrogens is 252 g/mol. The van der Waals surface area contributed by atoms with E-state index in [9.17, 15) is 8.42 Å². The van der Waals surface area contributed by atoms with Crippen LogP contribution in [0.25, 0.3) is 0 Å². The van der Waals surface area contributed by atoms with Gasteiger partial charge in [-0.25, -0.2) is 13.1 Å². The fourth-order valence-corrected chi connectivity index (χ4v) is 3.18. The summed E-state index contributed by atoms with van der Waals surface area (Å²) in [4.78, 5) is -0.00200. The van der Waals surface area contributed by atoms with Crippen LogP contribution in [0.5, 0.6) is 0 Å². The quantitative estimate of drug-likeness (QED) is 0.667. The van der Waals surface area contributed by atoms with Crippen LogP contribution in [0.15, 0.2) is 0 Å². The average molecular weight is 270 g/mol. The highest BCUT2D eigenvalue weighted by molar-refractivity contribution is 7.99. The molecule has 0 aromatic rings. The van der Waals surface area contributed by atoms with Crippen LogP contribution < -0.4 is 10.5 Å². The molecule has 0 amide bonds. The number of rotatable bonds is 7. The molecule has 0 saturated carbocycles. The summed E-state index contributed by atoms with van der Waals surface area (Å²) in [6, 6.07) is -0.100. The molecule has 0 aromatic heterocycles. The standard InChI is InChI=1S/C8H18N2O2S3/c1-4-14-5-6(2)10-15(11,12)7(3)8(9)13/h6-7,10H,4-5H2,1-3H3,(H2,9,13). The van der Waals surface area contributed by atoms with E-state index >= 15 is 0 Å². The van der Waals surface area contributed by atoms with Crippen LogP contribution in [-0.2, 0) is 10.0 Å². The number of hydrogen-bond acceptors (Lipinski definition) is 4. The molecule has 4 nitrogen and oxygen atoms in total. The summed E-state index contributed by atoms with van der Waals surface area (Å²) in [5, 5.41) is -0.818. The first kappa shape index (κ1) is 15.2. The van der Waals surface area contributed by atoms with Gasteiger partial charge in [-0.05, 0) is 19.6 Å². The topological polar surface area (TPSA) is 72.2 Å². The van der Waals surface area contributed by atoms with E-state index in [0.29, 0.717) is 0 Å². The molecule has 90 valence electrons. The predicted octanol–water partition coefficient (Wildman–Crippen LogP) is 0.722. The van der Waals surface area contributed by atoms with Crippen molar-refractivity contribution in [1.29, 1.82) is 0 Å². The van der Waals surface area contributed by atoms with E-state index in [4.69, 9.17) is 5.73 Å². The summed E-state index contributed by atoms with van der Waals surface area (Å²) in [6.07, 6.45) is 0. The van der Waals surface area contributed by atoms with Gasteiger partial charge in [-0.15, -0.1) is 0 Å². The fraction of sp³-hybridized carbons (Fsp3) is 0.875. The largest absolute Gasteiger partial charge is 0.392 e. The third kappa shape index (κ3) is 5.70. The van der Waals surface area contributed by atoms with Crippen LogP contribution in [0.2, 0.25) is 0 Å². The number of thiocarbonyl (C=S) groups is 1. The van der Waals surface area contributed by atoms with Gasteiger partial charge in [0.15, 0.2) is 0 Å². The molecule has 0 bridgehead atoms. The molecule has 0 radical (unpaired) electrons. The van der Waals surface area contributed by atoms with Crippen LogP contribution in [0.3, 0.4) is 0 Å². The van der Waals surface area contributed by atoms with Crippen molar-refractivity contribution in [3.63, 3.8) is 0 Å². The van der Waals surface area contributed by atoms with Gasteiger partial charge in [0.1, 0.15) is 5.25 Å². The maximum absolute atomic E-state index is 11.7. The number of nitrogens with two attached hydrogens (primary N) is 1. The Balaban J connectivity index is 4.32. The maximum atomic E-state index is 11.7. The third-order valence-electron chi connectivity index (χ3n) is 1.80. The lowest BCUT2D eigenvalue weighted by molar-refractivity contribution is 0.568. The Hall–Kier alpha value is 0.150. The second-order valence-electron chi connectivity index (χ2n) is 3.27. The zero-order chi connectivity index (χ0) is 12.1. The minimum Gasteiger partial charge on any atom is -0.392 e. The van der Waals surface area contributed by atoms with Gasteiger partial charge in [0.05, 0.1) is 4.99 Å². The van der Waals surface area contributed by atoms with E-state index in [2.05, 4.69) is 16.9 Å². The molecule has 0 aliphatic heterocycles. The molecule has 0 heterocycles. The highest BCUT2D eigenvalue weighted by Gasteiger charge is 2.24. The smallest absolute Gasteiger partial charge is 0.221 e. The molecular formula is C8H18N2O2S3. The van der Waals surface area contributed by atoms with Gasteiger partial charge in [0.2, 0.25) is 10.0 Å². The highest BCUT2D eigenvalue weighted by atomic mass is 32.2. The molecule has 2 unspecified atom stereocenters. The fourth-order valence-electron chi connectivity index (χ4n) is 0.864. The summed E-state index contributed by atoms with van der Waals surface area (Å²) >= 11 is 6.35. The molecule has 7 heteroatoms. The van der Waals surface area contributed by atoms with Crippen LogP contribution in [0.4, 0.5) is 0 Å². The normalized spacial score (nSPS) is 15.9. The van der Waals surface area contributed by atoms with Crippen LogP contribution in [-0.4, -0.2) is 36.2 Å². The monoisotopic (exact) mass is 270 g/mol. The summed E-state index contributed by atoms with van der Waals surface area (Å²) in [5.74, 6) is 1.72. The molecule has 0 spiro atoms. The lowest BCUT2D eigenvalue weighted by Gasteiger charge is -2.17. The van der Waals surface area contributed by atoms with E-state index in [0.717, 1.165) is 11.5 Å². The first-order chi connectivity index (χ1) is 6.81. The minimum atomic E-state index is -3.42. The van der Waals surface area contributed by atoms with Gasteiger partial charge in [0, 0.05) is 11.8 Å². The highest BCUT2D eigenvalue weighted by Crippen LogP contribution is 2.05. The molecule has 3 N–H and O–H groups in total. The Bertz CT molecular complexity index is 303. The first-order valence-electron chi connectivity index (χ1n) is 4.69. The van der Waals surface area contributed by atoms with Crippen LogP contribution in [0, 0.1) is 0 Å². The summed E-state index contributed by atoms with van der Waals surface area (Å²) in [6.45, 7) is 5.35. The van der Waals surface area contributed by atoms with E-state index < -0.39 is 15.3 Å². The maximum Gasteiger partial charge on any atom is 0.221 e. The third-order valence-corrected chi connectivity index (χ3v) is 5.37. The lowest BCUT2D eigenvalue weighted by atomic mass is 10.4. The average Bonchev–Trinajstić information content (AvgIpc) is 2.12. The lowest BCUT2D eigenvalue weighted by Crippen LogP contribution is -2.44. The minimum absolute atomic E-state index is 0.00200. The second-order valence-corrected chi connectivity index (χ2v) is 7.09. The van der Waals surface area contributed by atoms with Crippen molar-refractivity contribution < 1.29 is 8.42 Å². The van der Waals surface area contributed by atoms with Crippen molar-refractivity contribution in [3.05, 3.63) is 0 Å². The van der Waals surface area contributed by atoms with Crippen molar-refractivity contribution in [1.82, 2.24) is 4.72 Å². The van der Waals surface area contributed by atoms with E-state index in [1.807, 2.05) is 13.8 Å². The molecule has 0 aromatic carbocycles. The van der Waals surface area contributed by atoms with Crippen molar-refractivity contribution in [2.24, 2.45) is 5.73 Å². The molecule has 0 fully saturated rings.